The first-order valence-corrected chi connectivity index (χ1v) is 13.1. The molecule has 1 aromatic heterocycles. The van der Waals surface area contributed by atoms with E-state index in [1.807, 2.05) is 0 Å². The maximum Gasteiger partial charge on any atom is 0.259 e. The molecule has 12 heteroatoms. The number of hydrogen-bond donors (Lipinski definition) is 1. The highest BCUT2D eigenvalue weighted by molar-refractivity contribution is 7.91. The smallest absolute Gasteiger partial charge is 0.259 e. The van der Waals surface area contributed by atoms with Crippen LogP contribution in [0.3, 0.4) is 0 Å². The van der Waals surface area contributed by atoms with E-state index in [1.54, 1.807) is 24.3 Å². The third kappa shape index (κ3) is 5.22. The second-order valence-corrected chi connectivity index (χ2v) is 11.6. The summed E-state index contributed by atoms with van der Waals surface area (Å²) in [5, 5.41) is 0.280. The van der Waals surface area contributed by atoms with Gasteiger partial charge in [-0.25, -0.2) is 17.2 Å². The van der Waals surface area contributed by atoms with Crippen molar-refractivity contribution >= 4 is 44.8 Å². The van der Waals surface area contributed by atoms with Crippen molar-refractivity contribution in [3.8, 4) is 0 Å². The Morgan fingerprint density at radius 3 is 2.26 bits per heavy atom. The van der Waals surface area contributed by atoms with E-state index in [-0.39, 0.29) is 35.4 Å². The molecule has 184 valence electrons. The molecule has 35 heavy (non-hydrogen) atoms. The van der Waals surface area contributed by atoms with Crippen LogP contribution in [0.15, 0.2) is 52.7 Å². The van der Waals surface area contributed by atoms with Crippen LogP contribution in [0.25, 0.3) is 0 Å². The van der Waals surface area contributed by atoms with E-state index in [2.05, 4.69) is 0 Å². The molecule has 2 heterocycles. The van der Waals surface area contributed by atoms with Gasteiger partial charge in [-0.2, -0.15) is 4.31 Å². The second-order valence-electron chi connectivity index (χ2n) is 7.87. The van der Waals surface area contributed by atoms with Crippen molar-refractivity contribution < 1.29 is 26.8 Å². The number of nitrogens with two attached hydrogens (primary N) is 1. The fourth-order valence-corrected chi connectivity index (χ4v) is 7.21. The summed E-state index contributed by atoms with van der Waals surface area (Å²) in [7, 11) is -3.90. The minimum absolute atomic E-state index is 0.0162. The monoisotopic (exact) mass is 539 g/mol. The highest BCUT2D eigenvalue weighted by Gasteiger charge is 2.33. The molecule has 0 bridgehead atoms. The van der Waals surface area contributed by atoms with Gasteiger partial charge in [0.05, 0.1) is 5.02 Å². The SMILES string of the molecule is NC(=O)c1cccc(Cc2sc(S(=O)(=O)N3CCN(C(=O)c4c(F)cccc4F)CC3)cc2Cl)c1. The number of halogens is 3. The lowest BCUT2D eigenvalue weighted by molar-refractivity contribution is 0.0688. The van der Waals surface area contributed by atoms with Gasteiger partial charge in [-0.15, -0.1) is 11.3 Å². The van der Waals surface area contributed by atoms with E-state index in [0.717, 1.165) is 29.0 Å². The van der Waals surface area contributed by atoms with Crippen LogP contribution >= 0.6 is 22.9 Å². The van der Waals surface area contributed by atoms with Crippen LogP contribution in [0.2, 0.25) is 5.02 Å². The van der Waals surface area contributed by atoms with Crippen molar-refractivity contribution in [3.05, 3.63) is 86.8 Å². The van der Waals surface area contributed by atoms with Crippen LogP contribution < -0.4 is 5.73 Å². The number of amides is 2. The van der Waals surface area contributed by atoms with E-state index in [9.17, 15) is 26.8 Å². The molecule has 1 fully saturated rings. The maximum absolute atomic E-state index is 14.0. The maximum atomic E-state index is 14.0. The molecule has 3 aromatic rings. The van der Waals surface area contributed by atoms with Gasteiger partial charge in [-0.3, -0.25) is 9.59 Å². The lowest BCUT2D eigenvalue weighted by Crippen LogP contribution is -2.50. The van der Waals surface area contributed by atoms with Gasteiger partial charge in [0.25, 0.3) is 15.9 Å². The summed E-state index contributed by atoms with van der Waals surface area (Å²) in [6, 6.07) is 11.2. The number of carbonyl (C=O) groups excluding carboxylic acids is 2. The molecular weight excluding hydrogens is 520 g/mol. The van der Waals surface area contributed by atoms with Crippen molar-refractivity contribution in [2.75, 3.05) is 26.2 Å². The number of sulfonamides is 1. The van der Waals surface area contributed by atoms with Gasteiger partial charge in [0.1, 0.15) is 21.4 Å². The fraction of sp³-hybridized carbons (Fsp3) is 0.217. The molecule has 4 rings (SSSR count). The summed E-state index contributed by atoms with van der Waals surface area (Å²) in [6.07, 6.45) is 0.316. The van der Waals surface area contributed by atoms with E-state index in [4.69, 9.17) is 17.3 Å². The summed E-state index contributed by atoms with van der Waals surface area (Å²) in [6.45, 7) is -0.0965. The van der Waals surface area contributed by atoms with Gasteiger partial charge in [0.15, 0.2) is 0 Å². The largest absolute Gasteiger partial charge is 0.366 e. The standard InChI is InChI=1S/C23H20ClF2N3O4S2/c24-16-13-20(34-19(16)12-14-3-1-4-15(11-14)22(27)30)35(32,33)29-9-7-28(8-10-29)23(31)21-17(25)5-2-6-18(21)26/h1-6,11,13H,7-10,12H2,(H2,27,30). The minimum atomic E-state index is -3.90. The number of carbonyl (C=O) groups is 2. The summed E-state index contributed by atoms with van der Waals surface area (Å²) in [5.74, 6) is -3.32. The number of hydrogen-bond acceptors (Lipinski definition) is 5. The quantitative estimate of drug-likeness (QED) is 0.518. The zero-order valence-electron chi connectivity index (χ0n) is 18.2. The highest BCUT2D eigenvalue weighted by atomic mass is 35.5. The van der Waals surface area contributed by atoms with Crippen molar-refractivity contribution in [1.82, 2.24) is 9.21 Å². The Labute approximate surface area is 209 Å². The zero-order valence-corrected chi connectivity index (χ0v) is 20.6. The molecule has 1 aliphatic heterocycles. The van der Waals surface area contributed by atoms with E-state index >= 15 is 0 Å². The molecule has 1 aliphatic rings. The molecule has 0 aliphatic carbocycles. The van der Waals surface area contributed by atoms with Gasteiger partial charge in [-0.1, -0.05) is 29.8 Å². The average Bonchev–Trinajstić information content (AvgIpc) is 3.20. The molecule has 1 saturated heterocycles. The topological polar surface area (TPSA) is 101 Å². The van der Waals surface area contributed by atoms with Crippen LogP contribution in [-0.4, -0.2) is 55.6 Å². The number of primary amides is 1. The van der Waals surface area contributed by atoms with Crippen molar-refractivity contribution in [2.24, 2.45) is 5.73 Å². The minimum Gasteiger partial charge on any atom is -0.366 e. The molecule has 0 radical (unpaired) electrons. The van der Waals surface area contributed by atoms with E-state index in [0.29, 0.717) is 16.9 Å². The Morgan fingerprint density at radius 2 is 1.63 bits per heavy atom. The van der Waals surface area contributed by atoms with Crippen LogP contribution in [0, 0.1) is 11.6 Å². The molecule has 0 saturated carbocycles. The number of nitrogens with zero attached hydrogens (tertiary/aromatic N) is 2. The number of rotatable bonds is 6. The average molecular weight is 540 g/mol. The van der Waals surface area contributed by atoms with Crippen LogP contribution in [-0.2, 0) is 16.4 Å². The molecule has 0 atom stereocenters. The number of thiophene rings is 1. The van der Waals surface area contributed by atoms with Crippen LogP contribution in [0.1, 0.15) is 31.2 Å². The van der Waals surface area contributed by atoms with Crippen LogP contribution in [0.4, 0.5) is 8.78 Å². The van der Waals surface area contributed by atoms with Crippen molar-refractivity contribution in [2.45, 2.75) is 10.6 Å². The van der Waals surface area contributed by atoms with Gasteiger partial charge in [0, 0.05) is 43.0 Å². The first-order valence-electron chi connectivity index (χ1n) is 10.5. The number of piperazine rings is 1. The van der Waals surface area contributed by atoms with Crippen molar-refractivity contribution in [3.63, 3.8) is 0 Å². The fourth-order valence-electron chi connectivity index (χ4n) is 3.77. The Hall–Kier alpha value is -2.86. The lowest BCUT2D eigenvalue weighted by Gasteiger charge is -2.33. The Bertz CT molecular complexity index is 1380. The van der Waals surface area contributed by atoms with Crippen LogP contribution in [0.5, 0.6) is 0 Å². The van der Waals surface area contributed by atoms with Gasteiger partial charge >= 0.3 is 0 Å². The molecule has 2 aromatic carbocycles. The van der Waals surface area contributed by atoms with Crippen molar-refractivity contribution in [1.29, 1.82) is 0 Å². The predicted octanol–water partition coefficient (Wildman–Crippen LogP) is 3.52. The summed E-state index contributed by atoms with van der Waals surface area (Å²) >= 11 is 7.34. The summed E-state index contributed by atoms with van der Waals surface area (Å²) in [5.41, 5.74) is 5.75. The molecule has 0 unspecified atom stereocenters. The Kier molecular flexibility index (Phi) is 7.22. The van der Waals surface area contributed by atoms with Gasteiger partial charge in [-0.05, 0) is 35.9 Å². The van der Waals surface area contributed by atoms with E-state index < -0.39 is 39.0 Å². The molecule has 2 N–H and O–H groups in total. The lowest BCUT2D eigenvalue weighted by atomic mass is 10.1. The van der Waals surface area contributed by atoms with E-state index in [1.165, 1.54) is 21.3 Å². The summed E-state index contributed by atoms with van der Waals surface area (Å²) < 4.78 is 55.6. The predicted molar refractivity (Wildman–Crippen MR) is 128 cm³/mol. The third-order valence-electron chi connectivity index (χ3n) is 5.61. The normalized spacial score (nSPS) is 14.8. The molecule has 0 spiro atoms. The summed E-state index contributed by atoms with van der Waals surface area (Å²) in [4.78, 5) is 25.8. The Morgan fingerprint density at radius 1 is 1.00 bits per heavy atom. The van der Waals surface area contributed by atoms with Gasteiger partial charge < -0.3 is 10.6 Å². The Balaban J connectivity index is 1.47. The van der Waals surface area contributed by atoms with Gasteiger partial charge in [0.2, 0.25) is 5.91 Å². The highest BCUT2D eigenvalue weighted by Crippen LogP contribution is 2.34. The zero-order chi connectivity index (χ0) is 25.3. The number of benzene rings is 2. The second kappa shape index (κ2) is 10.0. The molecule has 7 nitrogen and oxygen atoms in total. The first-order chi connectivity index (χ1) is 16.6. The molecule has 2 amide bonds. The third-order valence-corrected chi connectivity index (χ3v) is 9.54. The molecular formula is C23H20ClF2N3O4S2. The first kappa shape index (κ1) is 25.2.